The van der Waals surface area contributed by atoms with Gasteiger partial charge in [0.15, 0.2) is 17.3 Å². The molecule has 0 bridgehead atoms. The van der Waals surface area contributed by atoms with E-state index in [1.807, 2.05) is 6.07 Å². The van der Waals surface area contributed by atoms with E-state index in [2.05, 4.69) is 5.10 Å². The Bertz CT molecular complexity index is 486. The second-order valence-corrected chi connectivity index (χ2v) is 4.67. The molecule has 1 aliphatic carbocycles. The maximum atomic E-state index is 12.0. The standard InChI is InChI=1S/C13H16N2O3/c1-3-10(16)13-11(17)6-8(7-12(13)18)9-4-5-14-15(9)2/h4-5,8,13H,3,6-7H2,1-2H3. The summed E-state index contributed by atoms with van der Waals surface area (Å²) in [5.74, 6) is -1.90. The number of nitrogens with zero attached hydrogens (tertiary/aromatic N) is 2. The summed E-state index contributed by atoms with van der Waals surface area (Å²) in [6.45, 7) is 1.68. The van der Waals surface area contributed by atoms with E-state index in [0.717, 1.165) is 5.69 Å². The third-order valence-corrected chi connectivity index (χ3v) is 3.49. The van der Waals surface area contributed by atoms with Gasteiger partial charge in [0.05, 0.1) is 0 Å². The van der Waals surface area contributed by atoms with E-state index in [-0.39, 0.29) is 42.5 Å². The Labute approximate surface area is 105 Å². The van der Waals surface area contributed by atoms with Crippen molar-refractivity contribution < 1.29 is 14.4 Å². The first-order valence-electron chi connectivity index (χ1n) is 6.10. The van der Waals surface area contributed by atoms with Gasteiger partial charge in [-0.25, -0.2) is 0 Å². The normalized spacial score (nSPS) is 24.3. The second kappa shape index (κ2) is 4.84. The van der Waals surface area contributed by atoms with E-state index in [9.17, 15) is 14.4 Å². The fourth-order valence-corrected chi connectivity index (χ4v) is 2.53. The number of carbonyl (C=O) groups excluding carboxylic acids is 3. The topological polar surface area (TPSA) is 69.0 Å². The summed E-state index contributed by atoms with van der Waals surface area (Å²) in [6, 6.07) is 1.81. The molecule has 5 nitrogen and oxygen atoms in total. The lowest BCUT2D eigenvalue weighted by Gasteiger charge is -2.25. The molecule has 0 spiro atoms. The summed E-state index contributed by atoms with van der Waals surface area (Å²) in [7, 11) is 1.79. The Morgan fingerprint density at radius 3 is 2.44 bits per heavy atom. The van der Waals surface area contributed by atoms with Crippen LogP contribution in [0.1, 0.15) is 37.8 Å². The molecule has 1 aliphatic rings. The number of aromatic nitrogens is 2. The van der Waals surface area contributed by atoms with Gasteiger partial charge < -0.3 is 0 Å². The number of hydrogen-bond acceptors (Lipinski definition) is 4. The first-order valence-corrected chi connectivity index (χ1v) is 6.10. The van der Waals surface area contributed by atoms with Crippen LogP contribution in [0.2, 0.25) is 0 Å². The van der Waals surface area contributed by atoms with Crippen LogP contribution in [-0.4, -0.2) is 27.1 Å². The van der Waals surface area contributed by atoms with E-state index in [1.165, 1.54) is 0 Å². The van der Waals surface area contributed by atoms with Crippen molar-refractivity contribution in [2.24, 2.45) is 13.0 Å². The lowest BCUT2D eigenvalue weighted by molar-refractivity contribution is -0.142. The van der Waals surface area contributed by atoms with Gasteiger partial charge in [-0.2, -0.15) is 5.10 Å². The molecule has 18 heavy (non-hydrogen) atoms. The monoisotopic (exact) mass is 248 g/mol. The second-order valence-electron chi connectivity index (χ2n) is 4.67. The van der Waals surface area contributed by atoms with Gasteiger partial charge >= 0.3 is 0 Å². The zero-order valence-corrected chi connectivity index (χ0v) is 10.5. The average molecular weight is 248 g/mol. The van der Waals surface area contributed by atoms with Crippen LogP contribution in [0.25, 0.3) is 0 Å². The largest absolute Gasteiger partial charge is 0.298 e. The fraction of sp³-hybridized carbons (Fsp3) is 0.538. The Hall–Kier alpha value is -1.78. The molecule has 5 heteroatoms. The molecule has 0 N–H and O–H groups in total. The highest BCUT2D eigenvalue weighted by Crippen LogP contribution is 2.32. The molecule has 0 unspecified atom stereocenters. The first-order chi connectivity index (χ1) is 8.54. The van der Waals surface area contributed by atoms with Gasteiger partial charge in [0.25, 0.3) is 0 Å². The van der Waals surface area contributed by atoms with Crippen LogP contribution in [-0.2, 0) is 21.4 Å². The number of rotatable bonds is 3. The summed E-state index contributed by atoms with van der Waals surface area (Å²) in [6.07, 6.45) is 2.38. The van der Waals surface area contributed by atoms with Crippen molar-refractivity contribution in [1.82, 2.24) is 9.78 Å². The van der Waals surface area contributed by atoms with Crippen LogP contribution in [0.15, 0.2) is 12.3 Å². The fourth-order valence-electron chi connectivity index (χ4n) is 2.53. The van der Waals surface area contributed by atoms with Gasteiger partial charge in [-0.15, -0.1) is 0 Å². The summed E-state index contributed by atoms with van der Waals surface area (Å²) in [4.78, 5) is 35.5. The molecule has 0 atom stereocenters. The summed E-state index contributed by atoms with van der Waals surface area (Å²) < 4.78 is 1.67. The lowest BCUT2D eigenvalue weighted by atomic mass is 9.76. The smallest absolute Gasteiger partial charge is 0.151 e. The third kappa shape index (κ3) is 2.12. The Balaban J connectivity index is 2.20. The highest BCUT2D eigenvalue weighted by Gasteiger charge is 2.40. The van der Waals surface area contributed by atoms with Crippen LogP contribution >= 0.6 is 0 Å². The van der Waals surface area contributed by atoms with Crippen molar-refractivity contribution in [2.45, 2.75) is 32.1 Å². The molecular weight excluding hydrogens is 232 g/mol. The number of aryl methyl sites for hydroxylation is 1. The van der Waals surface area contributed by atoms with Crippen LogP contribution in [0.4, 0.5) is 0 Å². The molecule has 2 rings (SSSR count). The van der Waals surface area contributed by atoms with E-state index >= 15 is 0 Å². The van der Waals surface area contributed by atoms with Crippen LogP contribution < -0.4 is 0 Å². The van der Waals surface area contributed by atoms with Gasteiger partial charge in [-0.05, 0) is 6.07 Å². The molecule has 1 saturated carbocycles. The molecule has 0 aromatic carbocycles. The zero-order valence-electron chi connectivity index (χ0n) is 10.5. The van der Waals surface area contributed by atoms with Crippen molar-refractivity contribution in [3.05, 3.63) is 18.0 Å². The first kappa shape index (κ1) is 12.7. The minimum absolute atomic E-state index is 0.140. The summed E-state index contributed by atoms with van der Waals surface area (Å²) in [5, 5.41) is 4.04. The molecule has 0 radical (unpaired) electrons. The number of Topliss-reactive ketones (excluding diaryl/α,β-unsaturated/α-hetero) is 3. The Morgan fingerprint density at radius 2 is 2.00 bits per heavy atom. The van der Waals surface area contributed by atoms with Gasteiger partial charge in [-0.3, -0.25) is 19.1 Å². The van der Waals surface area contributed by atoms with Gasteiger partial charge in [0.2, 0.25) is 0 Å². The molecular formula is C13H16N2O3. The maximum absolute atomic E-state index is 12.0. The van der Waals surface area contributed by atoms with Crippen molar-refractivity contribution >= 4 is 17.3 Å². The quantitative estimate of drug-likeness (QED) is 0.749. The SMILES string of the molecule is CCC(=O)C1C(=O)CC(c2ccnn2C)CC1=O. The molecule has 0 amide bonds. The number of hydrogen-bond donors (Lipinski definition) is 0. The van der Waals surface area contributed by atoms with Crippen molar-refractivity contribution in [2.75, 3.05) is 0 Å². The lowest BCUT2D eigenvalue weighted by Crippen LogP contribution is -2.38. The predicted octanol–water partition coefficient (Wildman–Crippen LogP) is 1.03. The number of carbonyl (C=O) groups is 3. The molecule has 1 fully saturated rings. The van der Waals surface area contributed by atoms with Crippen molar-refractivity contribution in [3.63, 3.8) is 0 Å². The Kier molecular flexibility index (Phi) is 3.41. The van der Waals surface area contributed by atoms with Gasteiger partial charge in [0, 0.05) is 44.1 Å². The molecule has 1 aromatic rings. The predicted molar refractivity (Wildman–Crippen MR) is 64.0 cm³/mol. The third-order valence-electron chi connectivity index (χ3n) is 3.49. The van der Waals surface area contributed by atoms with E-state index in [0.29, 0.717) is 0 Å². The zero-order chi connectivity index (χ0) is 13.3. The Morgan fingerprint density at radius 1 is 1.39 bits per heavy atom. The van der Waals surface area contributed by atoms with Crippen LogP contribution in [0.5, 0.6) is 0 Å². The van der Waals surface area contributed by atoms with Gasteiger partial charge in [-0.1, -0.05) is 6.92 Å². The van der Waals surface area contributed by atoms with Gasteiger partial charge in [0.1, 0.15) is 5.92 Å². The molecule has 1 aromatic heterocycles. The minimum Gasteiger partial charge on any atom is -0.298 e. The van der Waals surface area contributed by atoms with Crippen molar-refractivity contribution in [3.8, 4) is 0 Å². The van der Waals surface area contributed by atoms with Crippen LogP contribution in [0.3, 0.4) is 0 Å². The van der Waals surface area contributed by atoms with E-state index in [1.54, 1.807) is 24.9 Å². The highest BCUT2D eigenvalue weighted by atomic mass is 16.2. The minimum atomic E-state index is -1.01. The maximum Gasteiger partial charge on any atom is 0.151 e. The highest BCUT2D eigenvalue weighted by molar-refractivity contribution is 6.20. The molecule has 0 saturated heterocycles. The molecule has 96 valence electrons. The van der Waals surface area contributed by atoms with E-state index in [4.69, 9.17) is 0 Å². The van der Waals surface area contributed by atoms with E-state index < -0.39 is 5.92 Å². The average Bonchev–Trinajstić information content (AvgIpc) is 2.74. The van der Waals surface area contributed by atoms with Crippen molar-refractivity contribution in [1.29, 1.82) is 0 Å². The summed E-state index contributed by atoms with van der Waals surface area (Å²) >= 11 is 0. The molecule has 1 heterocycles. The number of ketones is 3. The van der Waals surface area contributed by atoms with Crippen LogP contribution in [0, 0.1) is 5.92 Å². The summed E-state index contributed by atoms with van der Waals surface area (Å²) in [5.41, 5.74) is 0.874. The molecule has 0 aliphatic heterocycles.